The third-order valence-corrected chi connectivity index (χ3v) is 3.90. The second-order valence-electron chi connectivity index (χ2n) is 4.96. The van der Waals surface area contributed by atoms with Gasteiger partial charge in [0, 0.05) is 38.9 Å². The molecule has 1 fully saturated rings. The van der Waals surface area contributed by atoms with E-state index in [2.05, 4.69) is 15.2 Å². The molecule has 0 radical (unpaired) electrons. The number of carbonyl (C=O) groups excluding carboxylic acids is 1. The number of nitrogens with zero attached hydrogens (tertiary/aromatic N) is 3. The maximum atomic E-state index is 12.2. The summed E-state index contributed by atoms with van der Waals surface area (Å²) in [6.45, 7) is 3.85. The summed E-state index contributed by atoms with van der Waals surface area (Å²) in [6, 6.07) is 3.62. The van der Waals surface area contributed by atoms with Gasteiger partial charge in [-0.05, 0) is 12.1 Å². The van der Waals surface area contributed by atoms with Gasteiger partial charge in [-0.15, -0.1) is 0 Å². The van der Waals surface area contributed by atoms with Crippen LogP contribution in [0.4, 0.5) is 5.82 Å². The van der Waals surface area contributed by atoms with Crippen LogP contribution < -0.4 is 10.2 Å². The van der Waals surface area contributed by atoms with Crippen LogP contribution in [0.25, 0.3) is 0 Å². The molecule has 1 amide bonds. The Morgan fingerprint density at radius 1 is 1.30 bits per heavy atom. The zero-order chi connectivity index (χ0) is 13.9. The normalized spacial score (nSPS) is 22.4. The number of aromatic nitrogens is 1. The lowest BCUT2D eigenvalue weighted by Crippen LogP contribution is -2.53. The average Bonchev–Trinajstić information content (AvgIpc) is 3.02. The van der Waals surface area contributed by atoms with Crippen LogP contribution in [0, 0.1) is 0 Å². The van der Waals surface area contributed by atoms with Crippen LogP contribution in [0.5, 0.6) is 0 Å². The van der Waals surface area contributed by atoms with E-state index in [1.54, 1.807) is 6.20 Å². The van der Waals surface area contributed by atoms with Gasteiger partial charge in [-0.25, -0.2) is 4.98 Å². The molecule has 106 valence electrons. The summed E-state index contributed by atoms with van der Waals surface area (Å²) in [6.07, 6.45) is 5.59. The van der Waals surface area contributed by atoms with Gasteiger partial charge in [0.1, 0.15) is 11.9 Å². The Kier molecular flexibility index (Phi) is 3.89. The predicted octanol–water partition coefficient (Wildman–Crippen LogP) is 0.912. The van der Waals surface area contributed by atoms with E-state index in [-0.39, 0.29) is 11.9 Å². The number of halogens is 1. The van der Waals surface area contributed by atoms with Crippen LogP contribution in [0.1, 0.15) is 0 Å². The molecule has 1 aromatic rings. The predicted molar refractivity (Wildman–Crippen MR) is 79.0 cm³/mol. The topological polar surface area (TPSA) is 48.5 Å². The lowest BCUT2D eigenvalue weighted by molar-refractivity contribution is -0.132. The highest BCUT2D eigenvalue weighted by Gasteiger charge is 2.27. The molecule has 5 nitrogen and oxygen atoms in total. The Morgan fingerprint density at radius 2 is 2.10 bits per heavy atom. The zero-order valence-electron chi connectivity index (χ0n) is 11.1. The molecular formula is C14H17ClN4O. The first-order valence-corrected chi connectivity index (χ1v) is 7.17. The smallest absolute Gasteiger partial charge is 0.243 e. The summed E-state index contributed by atoms with van der Waals surface area (Å²) in [7, 11) is 0. The molecule has 3 rings (SSSR count). The van der Waals surface area contributed by atoms with E-state index in [9.17, 15) is 4.79 Å². The quantitative estimate of drug-likeness (QED) is 0.823. The third-order valence-electron chi connectivity index (χ3n) is 3.68. The minimum Gasteiger partial charge on any atom is -0.353 e. The second-order valence-corrected chi connectivity index (χ2v) is 5.40. The van der Waals surface area contributed by atoms with Crippen molar-refractivity contribution in [1.82, 2.24) is 15.2 Å². The van der Waals surface area contributed by atoms with Crippen molar-refractivity contribution in [2.75, 3.05) is 37.6 Å². The molecule has 1 atom stereocenters. The molecule has 0 saturated carbocycles. The molecular weight excluding hydrogens is 276 g/mol. The minimum atomic E-state index is -0.143. The lowest BCUT2D eigenvalue weighted by atomic mass is 10.2. The van der Waals surface area contributed by atoms with Crippen LogP contribution in [-0.2, 0) is 4.79 Å². The maximum Gasteiger partial charge on any atom is 0.243 e. The van der Waals surface area contributed by atoms with Crippen LogP contribution >= 0.6 is 11.6 Å². The molecule has 0 unspecified atom stereocenters. The second kappa shape index (κ2) is 5.81. The van der Waals surface area contributed by atoms with Crippen molar-refractivity contribution in [3.8, 4) is 0 Å². The minimum absolute atomic E-state index is 0.143. The number of hydrogen-bond donors (Lipinski definition) is 1. The van der Waals surface area contributed by atoms with Gasteiger partial charge in [-0.1, -0.05) is 23.8 Å². The number of amides is 1. The van der Waals surface area contributed by atoms with Gasteiger partial charge in [0.05, 0.1) is 5.02 Å². The van der Waals surface area contributed by atoms with Gasteiger partial charge < -0.3 is 9.80 Å². The summed E-state index contributed by atoms with van der Waals surface area (Å²) in [5, 5.41) is 3.80. The standard InChI is InChI=1S/C14H17ClN4O/c15-11-3-4-13(17-10-11)18-6-8-19(9-7-18)14(20)12-2-1-5-16-12/h1-4,10,12,16H,5-9H2/t12-/m0/s1. The van der Waals surface area contributed by atoms with Gasteiger partial charge in [0.15, 0.2) is 0 Å². The van der Waals surface area contributed by atoms with E-state index in [0.717, 1.165) is 38.5 Å². The van der Waals surface area contributed by atoms with Gasteiger partial charge in [0.25, 0.3) is 0 Å². The summed E-state index contributed by atoms with van der Waals surface area (Å²) in [5.74, 6) is 1.09. The molecule has 3 heterocycles. The molecule has 2 aliphatic rings. The maximum absolute atomic E-state index is 12.2. The molecule has 1 N–H and O–H groups in total. The molecule has 0 bridgehead atoms. The van der Waals surface area contributed by atoms with E-state index in [4.69, 9.17) is 11.6 Å². The molecule has 0 aromatic carbocycles. The van der Waals surface area contributed by atoms with Crippen molar-refractivity contribution in [2.24, 2.45) is 0 Å². The van der Waals surface area contributed by atoms with Crippen molar-refractivity contribution in [2.45, 2.75) is 6.04 Å². The van der Waals surface area contributed by atoms with E-state index in [0.29, 0.717) is 5.02 Å². The van der Waals surface area contributed by atoms with Crippen LogP contribution in [-0.4, -0.2) is 54.6 Å². The van der Waals surface area contributed by atoms with Crippen molar-refractivity contribution in [3.05, 3.63) is 35.5 Å². The Morgan fingerprint density at radius 3 is 2.70 bits per heavy atom. The highest BCUT2D eigenvalue weighted by Crippen LogP contribution is 2.16. The first kappa shape index (κ1) is 13.4. The molecule has 6 heteroatoms. The highest BCUT2D eigenvalue weighted by molar-refractivity contribution is 6.30. The number of rotatable bonds is 2. The number of hydrogen-bond acceptors (Lipinski definition) is 4. The molecule has 2 aliphatic heterocycles. The monoisotopic (exact) mass is 292 g/mol. The van der Waals surface area contributed by atoms with Crippen LogP contribution in [0.2, 0.25) is 5.02 Å². The number of carbonyl (C=O) groups is 1. The largest absolute Gasteiger partial charge is 0.353 e. The van der Waals surface area contributed by atoms with Gasteiger partial charge in [-0.2, -0.15) is 0 Å². The fourth-order valence-electron chi connectivity index (χ4n) is 2.54. The lowest BCUT2D eigenvalue weighted by Gasteiger charge is -2.36. The Labute approximate surface area is 123 Å². The van der Waals surface area contributed by atoms with E-state index in [1.165, 1.54) is 0 Å². The van der Waals surface area contributed by atoms with E-state index < -0.39 is 0 Å². The first-order valence-electron chi connectivity index (χ1n) is 6.79. The summed E-state index contributed by atoms with van der Waals surface area (Å²) in [5.41, 5.74) is 0. The van der Waals surface area contributed by atoms with Gasteiger partial charge in [-0.3, -0.25) is 10.1 Å². The summed E-state index contributed by atoms with van der Waals surface area (Å²) < 4.78 is 0. The Bertz CT molecular complexity index is 508. The third kappa shape index (κ3) is 2.78. The summed E-state index contributed by atoms with van der Waals surface area (Å²) >= 11 is 5.84. The van der Waals surface area contributed by atoms with Crippen molar-refractivity contribution in [3.63, 3.8) is 0 Å². The fraction of sp³-hybridized carbons (Fsp3) is 0.429. The van der Waals surface area contributed by atoms with Crippen LogP contribution in [0.15, 0.2) is 30.5 Å². The van der Waals surface area contributed by atoms with Crippen molar-refractivity contribution in [1.29, 1.82) is 0 Å². The van der Waals surface area contributed by atoms with Crippen molar-refractivity contribution < 1.29 is 4.79 Å². The fourth-order valence-corrected chi connectivity index (χ4v) is 2.66. The number of pyridine rings is 1. The first-order chi connectivity index (χ1) is 9.74. The number of anilines is 1. The SMILES string of the molecule is O=C([C@@H]1C=CCN1)N1CCN(c2ccc(Cl)cn2)CC1. The van der Waals surface area contributed by atoms with Gasteiger partial charge in [0.2, 0.25) is 5.91 Å². The summed E-state index contributed by atoms with van der Waals surface area (Å²) in [4.78, 5) is 20.7. The molecule has 1 aromatic heterocycles. The number of piperazine rings is 1. The molecule has 0 aliphatic carbocycles. The van der Waals surface area contributed by atoms with E-state index >= 15 is 0 Å². The molecule has 20 heavy (non-hydrogen) atoms. The van der Waals surface area contributed by atoms with E-state index in [1.807, 2.05) is 29.2 Å². The average molecular weight is 293 g/mol. The molecule has 1 saturated heterocycles. The number of nitrogens with one attached hydrogen (secondary N) is 1. The Balaban J connectivity index is 1.57. The Hall–Kier alpha value is -1.59. The van der Waals surface area contributed by atoms with Gasteiger partial charge >= 0.3 is 0 Å². The highest BCUT2D eigenvalue weighted by atomic mass is 35.5. The zero-order valence-corrected chi connectivity index (χ0v) is 11.9. The van der Waals surface area contributed by atoms with Crippen LogP contribution in [0.3, 0.4) is 0 Å². The molecule has 0 spiro atoms. The van der Waals surface area contributed by atoms with Crippen molar-refractivity contribution >= 4 is 23.3 Å².